The molecule has 4 heteroatoms. The Labute approximate surface area is 225 Å². The van der Waals surface area contributed by atoms with Crippen LogP contribution >= 0.6 is 0 Å². The van der Waals surface area contributed by atoms with Gasteiger partial charge in [0.2, 0.25) is 0 Å². The Morgan fingerprint density at radius 1 is 0.528 bits per heavy atom. The number of carbonyl (C=O) groups is 2. The van der Waals surface area contributed by atoms with Crippen LogP contribution in [0.3, 0.4) is 0 Å². The summed E-state index contributed by atoms with van der Waals surface area (Å²) in [5.41, 5.74) is 0. The monoisotopic (exact) mass is 510 g/mol. The summed E-state index contributed by atoms with van der Waals surface area (Å²) < 4.78 is 10.9. The molecule has 36 heavy (non-hydrogen) atoms. The highest BCUT2D eigenvalue weighted by Crippen LogP contribution is 2.18. The van der Waals surface area contributed by atoms with Gasteiger partial charge < -0.3 is 9.47 Å². The van der Waals surface area contributed by atoms with Crippen molar-refractivity contribution in [3.8, 4) is 0 Å². The summed E-state index contributed by atoms with van der Waals surface area (Å²) in [6, 6.07) is 0. The van der Waals surface area contributed by atoms with Crippen LogP contribution in [0, 0.1) is 17.8 Å². The molecule has 0 spiro atoms. The van der Waals surface area contributed by atoms with Gasteiger partial charge in [0.05, 0.1) is 19.1 Å². The minimum atomic E-state index is -0.0187. The number of esters is 2. The van der Waals surface area contributed by atoms with Crippen LogP contribution < -0.4 is 0 Å². The summed E-state index contributed by atoms with van der Waals surface area (Å²) in [7, 11) is 0. The maximum absolute atomic E-state index is 12.3. The van der Waals surface area contributed by atoms with E-state index in [2.05, 4.69) is 34.6 Å². The molecule has 0 amide bonds. The van der Waals surface area contributed by atoms with E-state index in [0.717, 1.165) is 69.6 Å². The standard InChI is InChI=1S/C32H62O4/c1-6-30(32(34)36-27-21-15-17-23-29(4)5)24-18-12-10-8-7-9-11-13-19-25-31(33)35-26-20-14-16-22-28(2)3/h28-30H,6-27H2,1-5H3. The van der Waals surface area contributed by atoms with Crippen molar-refractivity contribution < 1.29 is 19.1 Å². The molecule has 0 bridgehead atoms. The summed E-state index contributed by atoms with van der Waals surface area (Å²) in [5, 5.41) is 0. The highest BCUT2D eigenvalue weighted by molar-refractivity contribution is 5.72. The van der Waals surface area contributed by atoms with Gasteiger partial charge in [0.15, 0.2) is 0 Å². The Morgan fingerprint density at radius 2 is 0.944 bits per heavy atom. The zero-order valence-electron chi connectivity index (χ0n) is 24.9. The van der Waals surface area contributed by atoms with Crippen molar-refractivity contribution in [2.24, 2.45) is 17.8 Å². The molecule has 0 heterocycles. The fourth-order valence-corrected chi connectivity index (χ4v) is 4.60. The van der Waals surface area contributed by atoms with E-state index in [1.165, 1.54) is 64.2 Å². The zero-order chi connectivity index (χ0) is 26.9. The Morgan fingerprint density at radius 3 is 1.44 bits per heavy atom. The van der Waals surface area contributed by atoms with Gasteiger partial charge >= 0.3 is 11.9 Å². The van der Waals surface area contributed by atoms with Crippen LogP contribution in [0.2, 0.25) is 0 Å². The van der Waals surface area contributed by atoms with Crippen LogP contribution in [-0.4, -0.2) is 25.2 Å². The van der Waals surface area contributed by atoms with Gasteiger partial charge in [-0.2, -0.15) is 0 Å². The molecule has 0 aliphatic heterocycles. The first kappa shape index (κ1) is 34.9. The molecule has 0 aromatic heterocycles. The van der Waals surface area contributed by atoms with Crippen LogP contribution in [-0.2, 0) is 19.1 Å². The van der Waals surface area contributed by atoms with Crippen molar-refractivity contribution in [1.29, 1.82) is 0 Å². The van der Waals surface area contributed by atoms with E-state index in [-0.39, 0.29) is 17.9 Å². The van der Waals surface area contributed by atoms with E-state index < -0.39 is 0 Å². The molecule has 0 fully saturated rings. The highest BCUT2D eigenvalue weighted by Gasteiger charge is 2.17. The molecule has 0 aliphatic rings. The van der Waals surface area contributed by atoms with Gasteiger partial charge in [0, 0.05) is 6.42 Å². The van der Waals surface area contributed by atoms with Crippen molar-refractivity contribution in [2.45, 2.75) is 163 Å². The summed E-state index contributed by atoms with van der Waals surface area (Å²) in [4.78, 5) is 24.1. The molecule has 0 aromatic rings. The van der Waals surface area contributed by atoms with Gasteiger partial charge in [0.1, 0.15) is 0 Å². The SMILES string of the molecule is CCC(CCCCCCCCCCCC(=O)OCCCCCC(C)C)C(=O)OCCCCCC(C)C. The summed E-state index contributed by atoms with van der Waals surface area (Å²) in [6.45, 7) is 12.3. The van der Waals surface area contributed by atoms with E-state index in [0.29, 0.717) is 19.6 Å². The smallest absolute Gasteiger partial charge is 0.308 e. The quantitative estimate of drug-likeness (QED) is 0.0858. The molecule has 0 rings (SSSR count). The topological polar surface area (TPSA) is 52.6 Å². The van der Waals surface area contributed by atoms with E-state index >= 15 is 0 Å². The molecule has 1 unspecified atom stereocenters. The second-order valence-corrected chi connectivity index (χ2v) is 11.7. The lowest BCUT2D eigenvalue weighted by Crippen LogP contribution is -2.17. The van der Waals surface area contributed by atoms with Gasteiger partial charge in [-0.1, -0.05) is 125 Å². The second-order valence-electron chi connectivity index (χ2n) is 11.7. The van der Waals surface area contributed by atoms with E-state index in [4.69, 9.17) is 9.47 Å². The van der Waals surface area contributed by atoms with E-state index in [9.17, 15) is 9.59 Å². The third-order valence-electron chi connectivity index (χ3n) is 7.12. The maximum Gasteiger partial charge on any atom is 0.308 e. The third-order valence-corrected chi connectivity index (χ3v) is 7.12. The Kier molecular flexibility index (Phi) is 24.8. The lowest BCUT2D eigenvalue weighted by molar-refractivity contribution is -0.149. The second kappa shape index (κ2) is 25.6. The lowest BCUT2D eigenvalue weighted by atomic mass is 9.97. The molecular formula is C32H62O4. The van der Waals surface area contributed by atoms with Crippen molar-refractivity contribution >= 4 is 11.9 Å². The number of hydrogen-bond donors (Lipinski definition) is 0. The van der Waals surface area contributed by atoms with Gasteiger partial charge in [-0.05, 0) is 43.9 Å². The molecule has 0 saturated heterocycles. The molecule has 0 N–H and O–H groups in total. The Hall–Kier alpha value is -1.06. The predicted molar refractivity (Wildman–Crippen MR) is 153 cm³/mol. The largest absolute Gasteiger partial charge is 0.466 e. The average molecular weight is 511 g/mol. The minimum Gasteiger partial charge on any atom is -0.466 e. The molecular weight excluding hydrogens is 448 g/mol. The van der Waals surface area contributed by atoms with Crippen LogP contribution in [0.4, 0.5) is 0 Å². The van der Waals surface area contributed by atoms with Crippen LogP contribution in [0.25, 0.3) is 0 Å². The zero-order valence-corrected chi connectivity index (χ0v) is 24.9. The van der Waals surface area contributed by atoms with Gasteiger partial charge in [-0.15, -0.1) is 0 Å². The highest BCUT2D eigenvalue weighted by atomic mass is 16.5. The van der Waals surface area contributed by atoms with Gasteiger partial charge in [-0.25, -0.2) is 0 Å². The fraction of sp³-hybridized carbons (Fsp3) is 0.938. The van der Waals surface area contributed by atoms with Crippen LogP contribution in [0.5, 0.6) is 0 Å². The summed E-state index contributed by atoms with van der Waals surface area (Å²) >= 11 is 0. The lowest BCUT2D eigenvalue weighted by Gasteiger charge is -2.14. The van der Waals surface area contributed by atoms with Crippen molar-refractivity contribution in [1.82, 2.24) is 0 Å². The predicted octanol–water partition coefficient (Wildman–Crippen LogP) is 9.82. The average Bonchev–Trinajstić information content (AvgIpc) is 2.83. The number of carbonyl (C=O) groups excluding carboxylic acids is 2. The third kappa shape index (κ3) is 24.6. The number of rotatable bonds is 26. The number of hydrogen-bond acceptors (Lipinski definition) is 4. The summed E-state index contributed by atoms with van der Waals surface area (Å²) in [6.07, 6.45) is 22.4. The van der Waals surface area contributed by atoms with Crippen LogP contribution in [0.15, 0.2) is 0 Å². The van der Waals surface area contributed by atoms with Gasteiger partial charge in [0.25, 0.3) is 0 Å². The van der Waals surface area contributed by atoms with Crippen LogP contribution in [0.1, 0.15) is 163 Å². The molecule has 214 valence electrons. The number of unbranched alkanes of at least 4 members (excludes halogenated alkanes) is 12. The van der Waals surface area contributed by atoms with Gasteiger partial charge in [-0.3, -0.25) is 9.59 Å². The van der Waals surface area contributed by atoms with Crippen molar-refractivity contribution in [2.75, 3.05) is 13.2 Å². The summed E-state index contributed by atoms with van der Waals surface area (Å²) in [5.74, 6) is 1.61. The number of ether oxygens (including phenoxy) is 2. The van der Waals surface area contributed by atoms with Crippen molar-refractivity contribution in [3.63, 3.8) is 0 Å². The molecule has 4 nitrogen and oxygen atoms in total. The Bertz CT molecular complexity index is 500. The molecule has 1 atom stereocenters. The fourth-order valence-electron chi connectivity index (χ4n) is 4.60. The van der Waals surface area contributed by atoms with E-state index in [1.807, 2.05) is 0 Å². The molecule has 0 radical (unpaired) electrons. The minimum absolute atomic E-state index is 0.0187. The first-order valence-corrected chi connectivity index (χ1v) is 15.7. The normalized spacial score (nSPS) is 12.3. The molecule has 0 saturated carbocycles. The Balaban J connectivity index is 3.47. The first-order chi connectivity index (χ1) is 17.4. The van der Waals surface area contributed by atoms with E-state index in [1.54, 1.807) is 0 Å². The molecule has 0 aromatic carbocycles. The maximum atomic E-state index is 12.3. The molecule has 0 aliphatic carbocycles. The first-order valence-electron chi connectivity index (χ1n) is 15.7. The van der Waals surface area contributed by atoms with Crippen molar-refractivity contribution in [3.05, 3.63) is 0 Å².